The number of rotatable bonds is 7. The molecule has 10 heteroatoms. The number of hydrogen-bond donors (Lipinski definition) is 3. The fourth-order valence-electron chi connectivity index (χ4n) is 5.86. The maximum atomic E-state index is 13.0. The summed E-state index contributed by atoms with van der Waals surface area (Å²) in [5, 5.41) is 6.14. The number of anilines is 1. The molecule has 2 fully saturated rings. The van der Waals surface area contributed by atoms with Crippen LogP contribution in [0.4, 0.5) is 18.9 Å². The summed E-state index contributed by atoms with van der Waals surface area (Å²) in [7, 11) is 0. The van der Waals surface area contributed by atoms with Gasteiger partial charge in [-0.2, -0.15) is 13.2 Å². The number of fused-ring (bicyclic) bond motifs is 1. The van der Waals surface area contributed by atoms with Crippen LogP contribution in [0.5, 0.6) is 0 Å². The first-order valence-corrected chi connectivity index (χ1v) is 14.0. The van der Waals surface area contributed by atoms with Gasteiger partial charge in [-0.15, -0.1) is 0 Å². The van der Waals surface area contributed by atoms with Crippen LogP contribution in [-0.4, -0.2) is 21.8 Å². The van der Waals surface area contributed by atoms with E-state index in [9.17, 15) is 22.8 Å². The fraction of sp³-hybridized carbons (Fsp3) is 0.323. The summed E-state index contributed by atoms with van der Waals surface area (Å²) in [6.07, 6.45) is 1.67. The molecule has 1 spiro atoms. The Bertz CT molecular complexity index is 1620. The second-order valence-corrected chi connectivity index (χ2v) is 11.6. The quantitative estimate of drug-likeness (QED) is 0.215. The number of nitrogens with one attached hydrogen (secondary N) is 3. The van der Waals surface area contributed by atoms with Gasteiger partial charge in [-0.3, -0.25) is 9.59 Å². The molecule has 0 aliphatic heterocycles. The molecular formula is C31H28ClF3N4O2. The van der Waals surface area contributed by atoms with Crippen molar-refractivity contribution in [1.29, 1.82) is 0 Å². The molecule has 3 N–H and O–H groups in total. The molecular weight excluding hydrogens is 553 g/mol. The number of H-pyrrole nitrogens is 1. The minimum atomic E-state index is -4.43. The second-order valence-electron chi connectivity index (χ2n) is 11.2. The number of benzene rings is 3. The number of hydrogen-bond acceptors (Lipinski definition) is 3. The van der Waals surface area contributed by atoms with E-state index in [2.05, 4.69) is 20.6 Å². The van der Waals surface area contributed by atoms with Gasteiger partial charge in [-0.05, 0) is 84.7 Å². The average molecular weight is 581 g/mol. The number of carbonyl (C=O) groups is 2. The van der Waals surface area contributed by atoms with Crippen molar-refractivity contribution in [2.24, 2.45) is 11.3 Å². The Hall–Kier alpha value is -3.85. The first-order chi connectivity index (χ1) is 19.6. The van der Waals surface area contributed by atoms with E-state index in [1.54, 1.807) is 30.3 Å². The van der Waals surface area contributed by atoms with Gasteiger partial charge in [-0.25, -0.2) is 4.98 Å². The minimum absolute atomic E-state index is 0.0669. The molecule has 0 saturated heterocycles. The topological polar surface area (TPSA) is 86.9 Å². The van der Waals surface area contributed by atoms with Crippen molar-refractivity contribution in [3.05, 3.63) is 93.8 Å². The summed E-state index contributed by atoms with van der Waals surface area (Å²) in [5.41, 5.74) is 2.99. The highest BCUT2D eigenvalue weighted by Gasteiger charge is 2.50. The zero-order valence-electron chi connectivity index (χ0n) is 22.1. The van der Waals surface area contributed by atoms with Gasteiger partial charge in [0.25, 0.3) is 5.91 Å². The molecule has 3 aromatic carbocycles. The molecule has 0 bridgehead atoms. The maximum absolute atomic E-state index is 13.0. The van der Waals surface area contributed by atoms with Gasteiger partial charge in [0.2, 0.25) is 5.91 Å². The lowest BCUT2D eigenvalue weighted by atomic mass is 9.51. The summed E-state index contributed by atoms with van der Waals surface area (Å²) in [5.74, 6) is 0.311. The summed E-state index contributed by atoms with van der Waals surface area (Å²) < 4.78 is 39.0. The molecule has 0 radical (unpaired) electrons. The lowest BCUT2D eigenvalue weighted by Gasteiger charge is -2.53. The SMILES string of the molecule is O=C(Nc1ccc(Cc2nc3cc(C(F)(F)F)ccc3[nH]2)cc1)c1cc(CNC(=O)C2CC3(CCC3)C2)ccc1Cl. The van der Waals surface area contributed by atoms with Crippen molar-refractivity contribution >= 4 is 40.1 Å². The molecule has 2 aliphatic rings. The molecule has 4 aromatic rings. The van der Waals surface area contributed by atoms with Gasteiger partial charge in [0.1, 0.15) is 5.82 Å². The smallest absolute Gasteiger partial charge is 0.352 e. The Morgan fingerprint density at radius 3 is 2.41 bits per heavy atom. The van der Waals surface area contributed by atoms with E-state index in [0.29, 0.717) is 46.0 Å². The maximum Gasteiger partial charge on any atom is 0.416 e. The molecule has 0 atom stereocenters. The average Bonchev–Trinajstić information content (AvgIpc) is 3.28. The van der Waals surface area contributed by atoms with Crippen molar-refractivity contribution in [3.8, 4) is 0 Å². The first-order valence-electron chi connectivity index (χ1n) is 13.6. The molecule has 2 aliphatic carbocycles. The van der Waals surface area contributed by atoms with E-state index in [4.69, 9.17) is 11.6 Å². The molecule has 6 rings (SSSR count). The van der Waals surface area contributed by atoms with E-state index in [0.717, 1.165) is 36.1 Å². The van der Waals surface area contributed by atoms with Crippen LogP contribution in [-0.2, 0) is 23.9 Å². The number of halogens is 4. The van der Waals surface area contributed by atoms with E-state index in [-0.39, 0.29) is 23.2 Å². The minimum Gasteiger partial charge on any atom is -0.352 e. The lowest BCUT2D eigenvalue weighted by Crippen LogP contribution is -2.48. The van der Waals surface area contributed by atoms with Crippen molar-refractivity contribution in [1.82, 2.24) is 15.3 Å². The molecule has 6 nitrogen and oxygen atoms in total. The van der Waals surface area contributed by atoms with Gasteiger partial charge < -0.3 is 15.6 Å². The summed E-state index contributed by atoms with van der Waals surface area (Å²) in [6, 6.07) is 15.7. The Morgan fingerprint density at radius 1 is 1.00 bits per heavy atom. The Balaban J connectivity index is 1.05. The van der Waals surface area contributed by atoms with Crippen LogP contribution in [0.1, 0.15) is 65.0 Å². The first kappa shape index (κ1) is 27.3. The van der Waals surface area contributed by atoms with Gasteiger partial charge >= 0.3 is 6.18 Å². The van der Waals surface area contributed by atoms with Crippen LogP contribution in [0.15, 0.2) is 60.7 Å². The zero-order chi connectivity index (χ0) is 28.8. The highest BCUT2D eigenvalue weighted by Crippen LogP contribution is 2.58. The number of alkyl halides is 3. The van der Waals surface area contributed by atoms with Crippen molar-refractivity contribution in [3.63, 3.8) is 0 Å². The third-order valence-corrected chi connectivity index (χ3v) is 8.66. The Labute approximate surface area is 239 Å². The third kappa shape index (κ3) is 5.81. The molecule has 2 saturated carbocycles. The van der Waals surface area contributed by atoms with Gasteiger partial charge in [0.15, 0.2) is 0 Å². The monoisotopic (exact) mass is 580 g/mol. The van der Waals surface area contributed by atoms with Gasteiger partial charge in [0.05, 0.1) is 27.2 Å². The summed E-state index contributed by atoms with van der Waals surface area (Å²) in [4.78, 5) is 32.9. The van der Waals surface area contributed by atoms with E-state index < -0.39 is 11.7 Å². The zero-order valence-corrected chi connectivity index (χ0v) is 22.8. The highest BCUT2D eigenvalue weighted by molar-refractivity contribution is 6.34. The lowest BCUT2D eigenvalue weighted by molar-refractivity contribution is -0.138. The number of nitrogens with zero attached hydrogens (tertiary/aromatic N) is 1. The number of carbonyl (C=O) groups excluding carboxylic acids is 2. The largest absolute Gasteiger partial charge is 0.416 e. The number of amides is 2. The fourth-order valence-corrected chi connectivity index (χ4v) is 6.07. The number of aromatic nitrogens is 2. The third-order valence-electron chi connectivity index (χ3n) is 8.33. The highest BCUT2D eigenvalue weighted by atomic mass is 35.5. The van der Waals surface area contributed by atoms with Crippen LogP contribution >= 0.6 is 11.6 Å². The van der Waals surface area contributed by atoms with Crippen molar-refractivity contribution in [2.45, 2.75) is 51.2 Å². The Kier molecular flexibility index (Phi) is 7.01. The summed E-state index contributed by atoms with van der Waals surface area (Å²) in [6.45, 7) is 0.327. The van der Waals surface area contributed by atoms with Crippen LogP contribution in [0.2, 0.25) is 5.02 Å². The molecule has 1 heterocycles. The predicted octanol–water partition coefficient (Wildman–Crippen LogP) is 7.27. The molecule has 2 amide bonds. The molecule has 1 aromatic heterocycles. The van der Waals surface area contributed by atoms with E-state index in [1.807, 2.05) is 12.1 Å². The van der Waals surface area contributed by atoms with Gasteiger partial charge in [0, 0.05) is 24.6 Å². The predicted molar refractivity (Wildman–Crippen MR) is 151 cm³/mol. The van der Waals surface area contributed by atoms with Crippen LogP contribution in [0, 0.1) is 11.3 Å². The van der Waals surface area contributed by atoms with E-state index >= 15 is 0 Å². The number of aromatic amines is 1. The second kappa shape index (κ2) is 10.5. The van der Waals surface area contributed by atoms with Crippen molar-refractivity contribution < 1.29 is 22.8 Å². The number of imidazole rings is 1. The van der Waals surface area contributed by atoms with Crippen molar-refractivity contribution in [2.75, 3.05) is 5.32 Å². The molecule has 0 unspecified atom stereocenters. The summed E-state index contributed by atoms with van der Waals surface area (Å²) >= 11 is 6.32. The standard InChI is InChI=1S/C31H28ClF3N4O2/c32-24-8-4-19(17-36-28(40)20-15-30(16-20)10-1-11-30)12-23(24)29(41)37-22-6-2-18(3-7-22)13-27-38-25-9-5-21(31(33,34)35)14-26(25)39-27/h2-9,12,14,20H,1,10-11,13,15-17H2,(H,36,40)(H,37,41)(H,38,39). The Morgan fingerprint density at radius 2 is 1.73 bits per heavy atom. The van der Waals surface area contributed by atoms with Crippen LogP contribution < -0.4 is 10.6 Å². The van der Waals surface area contributed by atoms with Gasteiger partial charge in [-0.1, -0.05) is 36.2 Å². The van der Waals surface area contributed by atoms with Crippen LogP contribution in [0.25, 0.3) is 11.0 Å². The molecule has 212 valence electrons. The van der Waals surface area contributed by atoms with E-state index in [1.165, 1.54) is 25.3 Å². The normalized spacial score (nSPS) is 16.3. The van der Waals surface area contributed by atoms with Crippen LogP contribution in [0.3, 0.4) is 0 Å². The molecule has 41 heavy (non-hydrogen) atoms.